The van der Waals surface area contributed by atoms with Crippen molar-refractivity contribution >= 4 is 29.8 Å². The summed E-state index contributed by atoms with van der Waals surface area (Å²) in [7, 11) is 0. The summed E-state index contributed by atoms with van der Waals surface area (Å²) in [6.45, 7) is 7.19. The van der Waals surface area contributed by atoms with Crippen LogP contribution in [0.3, 0.4) is 0 Å². The average molecular weight is 375 g/mol. The van der Waals surface area contributed by atoms with E-state index in [2.05, 4.69) is 5.32 Å². The largest absolute Gasteiger partial charge is 0.444 e. The summed E-state index contributed by atoms with van der Waals surface area (Å²) in [6.07, 6.45) is -0.00705. The number of benzene rings is 2. The van der Waals surface area contributed by atoms with E-state index < -0.39 is 17.5 Å². The minimum absolute atomic E-state index is 0.0541. The first-order valence-corrected chi connectivity index (χ1v) is 9.14. The first kappa shape index (κ1) is 20.0. The molecule has 0 unspecified atom stereocenters. The van der Waals surface area contributed by atoms with E-state index in [-0.39, 0.29) is 5.56 Å². The van der Waals surface area contributed by atoms with Gasteiger partial charge >= 0.3 is 6.09 Å². The number of hydrogen-bond donors (Lipinski definition) is 1. The Morgan fingerprint density at radius 1 is 1.27 bits per heavy atom. The van der Waals surface area contributed by atoms with Crippen LogP contribution in [0.4, 0.5) is 14.9 Å². The molecule has 2 rings (SSSR count). The Balaban J connectivity index is 2.08. The minimum Gasteiger partial charge on any atom is -0.444 e. The van der Waals surface area contributed by atoms with E-state index in [0.29, 0.717) is 22.6 Å². The summed E-state index contributed by atoms with van der Waals surface area (Å²) >= 11 is 1.32. The Morgan fingerprint density at radius 2 is 2.00 bits per heavy atom. The summed E-state index contributed by atoms with van der Waals surface area (Å²) in [5.74, 6) is 0.0113. The maximum absolute atomic E-state index is 14.3. The quantitative estimate of drug-likeness (QED) is 0.547. The van der Waals surface area contributed by atoms with Gasteiger partial charge in [-0.3, -0.25) is 10.1 Å². The van der Waals surface area contributed by atoms with Crippen molar-refractivity contribution in [3.05, 3.63) is 58.9 Å². The molecule has 0 saturated carbocycles. The van der Waals surface area contributed by atoms with Crippen molar-refractivity contribution in [1.82, 2.24) is 0 Å². The lowest BCUT2D eigenvalue weighted by Gasteiger charge is -2.19. The van der Waals surface area contributed by atoms with Crippen LogP contribution in [0, 0.1) is 12.7 Å². The van der Waals surface area contributed by atoms with Gasteiger partial charge in [-0.2, -0.15) is 0 Å². The molecule has 2 aromatic carbocycles. The van der Waals surface area contributed by atoms with Gasteiger partial charge in [0.2, 0.25) is 0 Å². The lowest BCUT2D eigenvalue weighted by atomic mass is 10.1. The Kier molecular flexibility index (Phi) is 6.42. The van der Waals surface area contributed by atoms with Crippen LogP contribution >= 0.6 is 11.8 Å². The molecule has 0 bridgehead atoms. The van der Waals surface area contributed by atoms with Crippen molar-refractivity contribution in [2.24, 2.45) is 0 Å². The smallest absolute Gasteiger partial charge is 0.412 e. The van der Waals surface area contributed by atoms with E-state index in [1.165, 1.54) is 17.8 Å². The summed E-state index contributed by atoms with van der Waals surface area (Å²) in [5.41, 5.74) is 1.78. The SMILES string of the molecule is Cc1ccc(C=O)c(F)c1SCc1cccc(NC(=O)OC(C)(C)C)c1. The molecule has 0 aromatic heterocycles. The van der Waals surface area contributed by atoms with Gasteiger partial charge in [-0.15, -0.1) is 11.8 Å². The Morgan fingerprint density at radius 3 is 2.65 bits per heavy atom. The average Bonchev–Trinajstić information content (AvgIpc) is 2.53. The van der Waals surface area contributed by atoms with Crippen LogP contribution < -0.4 is 5.32 Å². The fourth-order valence-corrected chi connectivity index (χ4v) is 3.28. The summed E-state index contributed by atoms with van der Waals surface area (Å²) in [4.78, 5) is 23.2. The molecule has 0 fully saturated rings. The van der Waals surface area contributed by atoms with Crippen LogP contribution in [0.5, 0.6) is 0 Å². The number of ether oxygens (including phenoxy) is 1. The molecule has 1 N–H and O–H groups in total. The topological polar surface area (TPSA) is 55.4 Å². The highest BCUT2D eigenvalue weighted by atomic mass is 32.2. The molecule has 2 aromatic rings. The first-order chi connectivity index (χ1) is 12.2. The highest BCUT2D eigenvalue weighted by Crippen LogP contribution is 2.30. The minimum atomic E-state index is -0.573. The normalized spacial score (nSPS) is 11.1. The predicted molar refractivity (Wildman–Crippen MR) is 102 cm³/mol. The molecule has 0 spiro atoms. The van der Waals surface area contributed by atoms with E-state index in [1.54, 1.807) is 39.8 Å². The van der Waals surface area contributed by atoms with Crippen molar-refractivity contribution in [3.8, 4) is 0 Å². The molecule has 0 heterocycles. The predicted octanol–water partition coefficient (Wildman–Crippen LogP) is 5.59. The summed E-state index contributed by atoms with van der Waals surface area (Å²) < 4.78 is 19.5. The Hall–Kier alpha value is -2.34. The molecule has 0 aliphatic rings. The van der Waals surface area contributed by atoms with Gasteiger partial charge in [-0.1, -0.05) is 18.2 Å². The lowest BCUT2D eigenvalue weighted by Crippen LogP contribution is -2.27. The van der Waals surface area contributed by atoms with Crippen LogP contribution in [0.25, 0.3) is 0 Å². The van der Waals surface area contributed by atoms with E-state index in [4.69, 9.17) is 4.74 Å². The fourth-order valence-electron chi connectivity index (χ4n) is 2.25. The van der Waals surface area contributed by atoms with Crippen LogP contribution in [0.2, 0.25) is 0 Å². The number of aldehydes is 1. The monoisotopic (exact) mass is 375 g/mol. The third-order valence-electron chi connectivity index (χ3n) is 3.41. The van der Waals surface area contributed by atoms with Crippen molar-refractivity contribution in [2.75, 3.05) is 5.32 Å². The zero-order chi connectivity index (χ0) is 19.3. The van der Waals surface area contributed by atoms with Gasteiger partial charge < -0.3 is 4.74 Å². The number of nitrogens with one attached hydrogen (secondary N) is 1. The molecule has 26 heavy (non-hydrogen) atoms. The molecule has 4 nitrogen and oxygen atoms in total. The summed E-state index contributed by atoms with van der Waals surface area (Å²) in [5, 5.41) is 2.69. The third-order valence-corrected chi connectivity index (χ3v) is 4.67. The van der Waals surface area contributed by atoms with E-state index in [1.807, 2.05) is 18.2 Å². The Labute approximate surface area is 157 Å². The van der Waals surface area contributed by atoms with Crippen LogP contribution in [-0.2, 0) is 10.5 Å². The van der Waals surface area contributed by atoms with Gasteiger partial charge in [0.1, 0.15) is 11.4 Å². The van der Waals surface area contributed by atoms with Gasteiger partial charge in [-0.05, 0) is 57.0 Å². The molecule has 0 saturated heterocycles. The molecule has 0 radical (unpaired) electrons. The van der Waals surface area contributed by atoms with E-state index >= 15 is 0 Å². The van der Waals surface area contributed by atoms with Gasteiger partial charge in [-0.25, -0.2) is 9.18 Å². The number of carbonyl (C=O) groups is 2. The maximum Gasteiger partial charge on any atom is 0.412 e. The third kappa shape index (κ3) is 5.59. The Bertz CT molecular complexity index is 815. The van der Waals surface area contributed by atoms with E-state index in [0.717, 1.165) is 11.1 Å². The van der Waals surface area contributed by atoms with Crippen LogP contribution in [-0.4, -0.2) is 18.0 Å². The molecule has 138 valence electrons. The fraction of sp³-hybridized carbons (Fsp3) is 0.300. The van der Waals surface area contributed by atoms with E-state index in [9.17, 15) is 14.0 Å². The zero-order valence-corrected chi connectivity index (χ0v) is 16.1. The number of aryl methyl sites for hydroxylation is 1. The number of rotatable bonds is 5. The number of amides is 1. The molecule has 0 atom stereocenters. The molecule has 1 amide bonds. The highest BCUT2D eigenvalue weighted by Gasteiger charge is 2.16. The van der Waals surface area contributed by atoms with Gasteiger partial charge in [0.05, 0.1) is 5.56 Å². The van der Waals surface area contributed by atoms with Gasteiger partial charge in [0.25, 0.3) is 0 Å². The first-order valence-electron chi connectivity index (χ1n) is 8.15. The number of anilines is 1. The molecular weight excluding hydrogens is 353 g/mol. The lowest BCUT2D eigenvalue weighted by molar-refractivity contribution is 0.0636. The zero-order valence-electron chi connectivity index (χ0n) is 15.3. The molecule has 0 aliphatic heterocycles. The van der Waals surface area contributed by atoms with Gasteiger partial charge in [0, 0.05) is 16.3 Å². The van der Waals surface area contributed by atoms with Crippen molar-refractivity contribution in [3.63, 3.8) is 0 Å². The van der Waals surface area contributed by atoms with Crippen LogP contribution in [0.15, 0.2) is 41.3 Å². The highest BCUT2D eigenvalue weighted by molar-refractivity contribution is 7.98. The van der Waals surface area contributed by atoms with Crippen LogP contribution in [0.1, 0.15) is 42.3 Å². The number of halogens is 1. The maximum atomic E-state index is 14.3. The molecule has 6 heteroatoms. The van der Waals surface area contributed by atoms with Crippen molar-refractivity contribution in [1.29, 1.82) is 0 Å². The second-order valence-electron chi connectivity index (χ2n) is 6.85. The molecule has 0 aliphatic carbocycles. The number of hydrogen-bond acceptors (Lipinski definition) is 4. The summed E-state index contributed by atoms with van der Waals surface area (Å²) in [6, 6.07) is 10.5. The molecular formula is C20H22FNO3S. The second kappa shape index (κ2) is 8.36. The number of carbonyl (C=O) groups excluding carboxylic acids is 2. The second-order valence-corrected chi connectivity index (χ2v) is 7.83. The van der Waals surface area contributed by atoms with Gasteiger partial charge in [0.15, 0.2) is 6.29 Å². The standard InChI is InChI=1S/C20H22FNO3S/c1-13-8-9-15(11-23)17(21)18(13)26-12-14-6-5-7-16(10-14)22-19(24)25-20(2,3)4/h5-11H,12H2,1-4H3,(H,22,24). The van der Waals surface area contributed by atoms with Crippen molar-refractivity contribution < 1.29 is 18.7 Å². The van der Waals surface area contributed by atoms with Crippen molar-refractivity contribution in [2.45, 2.75) is 43.9 Å². The number of thioether (sulfide) groups is 1.